The highest BCUT2D eigenvalue weighted by atomic mass is 16.3. The highest BCUT2D eigenvalue weighted by Crippen LogP contribution is 2.08. The molecule has 5 heteroatoms. The van der Waals surface area contributed by atoms with Gasteiger partial charge in [-0.2, -0.15) is 5.10 Å². The van der Waals surface area contributed by atoms with Gasteiger partial charge in [-0.15, -0.1) is 0 Å². The van der Waals surface area contributed by atoms with Gasteiger partial charge in [-0.3, -0.25) is 4.79 Å². The number of nitrogens with one attached hydrogen (secondary N) is 1. The molecule has 5 nitrogen and oxygen atoms in total. The van der Waals surface area contributed by atoms with Crippen LogP contribution in [0.25, 0.3) is 5.69 Å². The van der Waals surface area contributed by atoms with Crippen molar-refractivity contribution < 1.29 is 9.90 Å². The van der Waals surface area contributed by atoms with Crippen LogP contribution in [0.5, 0.6) is 0 Å². The van der Waals surface area contributed by atoms with E-state index < -0.39 is 0 Å². The van der Waals surface area contributed by atoms with E-state index in [2.05, 4.69) is 24.3 Å². The average Bonchev–Trinajstić information content (AvgIpc) is 2.97. The fraction of sp³-hybridized carbons (Fsp3) is 0.375. The van der Waals surface area contributed by atoms with Crippen molar-refractivity contribution in [2.75, 3.05) is 6.61 Å². The molecule has 0 aliphatic rings. The molecule has 112 valence electrons. The predicted molar refractivity (Wildman–Crippen MR) is 81.4 cm³/mol. The van der Waals surface area contributed by atoms with Gasteiger partial charge in [0.2, 0.25) is 0 Å². The lowest BCUT2D eigenvalue weighted by Crippen LogP contribution is -2.38. The highest BCUT2D eigenvalue weighted by Gasteiger charge is 2.16. The Morgan fingerprint density at radius 1 is 1.29 bits per heavy atom. The predicted octanol–water partition coefficient (Wildman–Crippen LogP) is 2.01. The van der Waals surface area contributed by atoms with Crippen molar-refractivity contribution in [3.05, 3.63) is 48.3 Å². The summed E-state index contributed by atoms with van der Waals surface area (Å²) in [5.41, 5.74) is 1.25. The van der Waals surface area contributed by atoms with Crippen LogP contribution in [-0.4, -0.2) is 33.4 Å². The molecule has 0 aliphatic heterocycles. The van der Waals surface area contributed by atoms with Crippen LogP contribution in [0, 0.1) is 5.92 Å². The Morgan fingerprint density at radius 3 is 2.62 bits per heavy atom. The molecule has 21 heavy (non-hydrogen) atoms. The van der Waals surface area contributed by atoms with Crippen LogP contribution in [0.4, 0.5) is 0 Å². The maximum atomic E-state index is 12.1. The Balaban J connectivity index is 2.05. The van der Waals surface area contributed by atoms with Crippen LogP contribution >= 0.6 is 0 Å². The number of rotatable bonds is 6. The van der Waals surface area contributed by atoms with Crippen molar-refractivity contribution in [3.8, 4) is 5.69 Å². The summed E-state index contributed by atoms with van der Waals surface area (Å²) in [5, 5.41) is 16.4. The first kappa shape index (κ1) is 15.3. The largest absolute Gasteiger partial charge is 0.394 e. The topological polar surface area (TPSA) is 67.2 Å². The van der Waals surface area contributed by atoms with E-state index in [9.17, 15) is 9.90 Å². The van der Waals surface area contributed by atoms with Crippen LogP contribution in [0.1, 0.15) is 30.8 Å². The number of hydrogen-bond donors (Lipinski definition) is 2. The summed E-state index contributed by atoms with van der Waals surface area (Å²) in [6.07, 6.45) is 2.49. The number of carbonyl (C=O) groups excluding carboxylic acids is 1. The Labute approximate surface area is 124 Å². The summed E-state index contributed by atoms with van der Waals surface area (Å²) >= 11 is 0. The van der Waals surface area contributed by atoms with E-state index in [0.29, 0.717) is 11.6 Å². The van der Waals surface area contributed by atoms with E-state index >= 15 is 0 Å². The Kier molecular flexibility index (Phi) is 5.11. The van der Waals surface area contributed by atoms with Gasteiger partial charge in [0, 0.05) is 6.20 Å². The molecule has 0 bridgehead atoms. The average molecular weight is 287 g/mol. The standard InChI is InChI=1S/C16H21N3O2/c1-12(2)10-13(11-20)17-16(21)15-8-9-19(18-15)14-6-4-3-5-7-14/h3-9,12-13,20H,10-11H2,1-2H3,(H,17,21). The molecular formula is C16H21N3O2. The molecule has 1 heterocycles. The molecule has 2 N–H and O–H groups in total. The minimum atomic E-state index is -0.260. The van der Waals surface area contributed by atoms with Crippen LogP contribution in [-0.2, 0) is 0 Å². The fourth-order valence-electron chi connectivity index (χ4n) is 2.18. The zero-order chi connectivity index (χ0) is 15.2. The van der Waals surface area contributed by atoms with Crippen LogP contribution in [0.15, 0.2) is 42.6 Å². The molecule has 0 spiro atoms. The van der Waals surface area contributed by atoms with Gasteiger partial charge in [-0.05, 0) is 30.5 Å². The van der Waals surface area contributed by atoms with Crippen molar-refractivity contribution in [1.29, 1.82) is 0 Å². The maximum absolute atomic E-state index is 12.1. The smallest absolute Gasteiger partial charge is 0.272 e. The van der Waals surface area contributed by atoms with E-state index in [1.807, 2.05) is 30.3 Å². The van der Waals surface area contributed by atoms with E-state index in [1.54, 1.807) is 16.9 Å². The molecule has 1 unspecified atom stereocenters. The summed E-state index contributed by atoms with van der Waals surface area (Å²) in [4.78, 5) is 12.1. The summed E-state index contributed by atoms with van der Waals surface area (Å²) in [5.74, 6) is 0.147. The van der Waals surface area contributed by atoms with Gasteiger partial charge >= 0.3 is 0 Å². The quantitative estimate of drug-likeness (QED) is 0.854. The molecule has 1 amide bonds. The maximum Gasteiger partial charge on any atom is 0.272 e. The molecule has 0 fully saturated rings. The first-order chi connectivity index (χ1) is 10.1. The SMILES string of the molecule is CC(C)CC(CO)NC(=O)c1ccn(-c2ccccc2)n1. The Hall–Kier alpha value is -2.14. The number of benzene rings is 1. The molecule has 0 saturated heterocycles. The number of hydrogen-bond acceptors (Lipinski definition) is 3. The minimum Gasteiger partial charge on any atom is -0.394 e. The lowest BCUT2D eigenvalue weighted by atomic mass is 10.0. The van der Waals surface area contributed by atoms with Gasteiger partial charge in [-0.1, -0.05) is 32.0 Å². The minimum absolute atomic E-state index is 0.0662. The second-order valence-corrected chi connectivity index (χ2v) is 5.46. The molecule has 0 saturated carbocycles. The molecule has 0 radical (unpaired) electrons. The van der Waals surface area contributed by atoms with Crippen molar-refractivity contribution in [2.24, 2.45) is 5.92 Å². The monoisotopic (exact) mass is 287 g/mol. The third-order valence-corrected chi connectivity index (χ3v) is 3.15. The van der Waals surface area contributed by atoms with Gasteiger partial charge in [0.25, 0.3) is 5.91 Å². The van der Waals surface area contributed by atoms with Gasteiger partial charge in [0.05, 0.1) is 18.3 Å². The fourth-order valence-corrected chi connectivity index (χ4v) is 2.18. The Morgan fingerprint density at radius 2 is 2.00 bits per heavy atom. The van der Waals surface area contributed by atoms with Crippen molar-refractivity contribution in [1.82, 2.24) is 15.1 Å². The van der Waals surface area contributed by atoms with Gasteiger partial charge in [0.1, 0.15) is 0 Å². The van der Waals surface area contributed by atoms with Gasteiger partial charge in [0.15, 0.2) is 5.69 Å². The molecule has 1 aromatic heterocycles. The summed E-state index contributed by atoms with van der Waals surface area (Å²) in [6, 6.07) is 11.0. The van der Waals surface area contributed by atoms with Crippen molar-refractivity contribution >= 4 is 5.91 Å². The van der Waals surface area contributed by atoms with Crippen molar-refractivity contribution in [2.45, 2.75) is 26.3 Å². The van der Waals surface area contributed by atoms with E-state index in [1.165, 1.54) is 0 Å². The second-order valence-electron chi connectivity index (χ2n) is 5.46. The van der Waals surface area contributed by atoms with Gasteiger partial charge in [-0.25, -0.2) is 4.68 Å². The van der Waals surface area contributed by atoms with E-state index in [-0.39, 0.29) is 18.6 Å². The zero-order valence-corrected chi connectivity index (χ0v) is 12.4. The number of nitrogens with zero attached hydrogens (tertiary/aromatic N) is 2. The first-order valence-corrected chi connectivity index (χ1v) is 7.13. The summed E-state index contributed by atoms with van der Waals surface area (Å²) in [7, 11) is 0. The number of amides is 1. The van der Waals surface area contributed by atoms with Crippen LogP contribution in [0.3, 0.4) is 0 Å². The highest BCUT2D eigenvalue weighted by molar-refractivity contribution is 5.92. The van der Waals surface area contributed by atoms with E-state index in [0.717, 1.165) is 12.1 Å². The molecular weight excluding hydrogens is 266 g/mol. The van der Waals surface area contributed by atoms with Crippen LogP contribution in [0.2, 0.25) is 0 Å². The molecule has 1 aromatic carbocycles. The zero-order valence-electron chi connectivity index (χ0n) is 12.4. The lowest BCUT2D eigenvalue weighted by molar-refractivity contribution is 0.0903. The van der Waals surface area contributed by atoms with Crippen LogP contribution < -0.4 is 5.32 Å². The molecule has 0 aliphatic carbocycles. The Bertz CT molecular complexity index is 578. The molecule has 2 rings (SSSR count). The summed E-state index contributed by atoms with van der Waals surface area (Å²) < 4.78 is 1.66. The van der Waals surface area contributed by atoms with E-state index in [4.69, 9.17) is 0 Å². The number of aliphatic hydroxyl groups is 1. The number of aliphatic hydroxyl groups excluding tert-OH is 1. The molecule has 1 atom stereocenters. The lowest BCUT2D eigenvalue weighted by Gasteiger charge is -2.17. The normalized spacial score (nSPS) is 12.4. The summed E-state index contributed by atoms with van der Waals surface area (Å²) in [6.45, 7) is 4.04. The number of aromatic nitrogens is 2. The number of carbonyl (C=O) groups is 1. The first-order valence-electron chi connectivity index (χ1n) is 7.13. The molecule has 2 aromatic rings. The van der Waals surface area contributed by atoms with Crippen molar-refractivity contribution in [3.63, 3.8) is 0 Å². The number of para-hydroxylation sites is 1. The third kappa shape index (κ3) is 4.16. The van der Waals surface area contributed by atoms with Gasteiger partial charge < -0.3 is 10.4 Å². The second kappa shape index (κ2) is 7.04. The third-order valence-electron chi connectivity index (χ3n) is 3.15.